The van der Waals surface area contributed by atoms with Crippen LogP contribution in [0.15, 0.2) is 146 Å². The maximum absolute atomic E-state index is 9.82. The van der Waals surface area contributed by atoms with E-state index in [-0.39, 0.29) is 0 Å². The summed E-state index contributed by atoms with van der Waals surface area (Å²) in [6.45, 7) is 0. The number of nitrogens with zero attached hydrogens (tertiary/aromatic N) is 5. The Morgan fingerprint density at radius 3 is 1.24 bits per heavy atom. The predicted octanol–water partition coefficient (Wildman–Crippen LogP) is 12.7. The predicted molar refractivity (Wildman–Crippen MR) is 231 cm³/mol. The quantitative estimate of drug-likeness (QED) is 0.158. The molecule has 5 heteroatoms. The molecule has 0 aliphatic heterocycles. The molecule has 12 rings (SSSR count). The lowest BCUT2D eigenvalue weighted by Gasteiger charge is -2.57. The summed E-state index contributed by atoms with van der Waals surface area (Å²) in [5, 5.41) is 23.9. The van der Waals surface area contributed by atoms with Gasteiger partial charge in [-0.2, -0.15) is 10.5 Å². The summed E-state index contributed by atoms with van der Waals surface area (Å²) >= 11 is 0. The van der Waals surface area contributed by atoms with E-state index in [1.54, 1.807) is 6.07 Å². The number of hydrogen-bond acceptors (Lipinski definition) is 5. The first kappa shape index (κ1) is 34.3. The molecule has 4 saturated carbocycles. The third-order valence-corrected chi connectivity index (χ3v) is 13.3. The zero-order valence-corrected chi connectivity index (χ0v) is 32.1. The van der Waals surface area contributed by atoms with Crippen molar-refractivity contribution in [3.8, 4) is 68.6 Å². The van der Waals surface area contributed by atoms with Crippen molar-refractivity contribution in [2.45, 2.75) is 43.9 Å². The van der Waals surface area contributed by atoms with Crippen molar-refractivity contribution in [2.75, 3.05) is 0 Å². The molecule has 5 nitrogen and oxygen atoms in total. The molecular weight excluding hydrogens is 707 g/mol. The zero-order valence-electron chi connectivity index (χ0n) is 32.1. The van der Waals surface area contributed by atoms with Gasteiger partial charge in [0.05, 0.1) is 23.3 Å². The molecule has 7 aromatic carbocycles. The Morgan fingerprint density at radius 2 is 0.793 bits per heavy atom. The first-order valence-corrected chi connectivity index (χ1v) is 20.5. The van der Waals surface area contributed by atoms with Crippen molar-refractivity contribution in [1.29, 1.82) is 10.5 Å². The van der Waals surface area contributed by atoms with Crippen LogP contribution < -0.4 is 0 Å². The van der Waals surface area contributed by atoms with Gasteiger partial charge in [0.2, 0.25) is 0 Å². The van der Waals surface area contributed by atoms with Crippen LogP contribution in [0, 0.1) is 40.4 Å². The van der Waals surface area contributed by atoms with Gasteiger partial charge in [0.25, 0.3) is 0 Å². The Balaban J connectivity index is 1.00. The van der Waals surface area contributed by atoms with Crippen LogP contribution in [0.4, 0.5) is 0 Å². The topological polar surface area (TPSA) is 86.2 Å². The van der Waals surface area contributed by atoms with Crippen LogP contribution in [-0.2, 0) is 5.41 Å². The Labute approximate surface area is 338 Å². The van der Waals surface area contributed by atoms with Crippen molar-refractivity contribution in [1.82, 2.24) is 15.0 Å². The van der Waals surface area contributed by atoms with Crippen molar-refractivity contribution in [3.05, 3.63) is 162 Å². The van der Waals surface area contributed by atoms with E-state index in [1.807, 2.05) is 42.5 Å². The Hall–Kier alpha value is -6.95. The van der Waals surface area contributed by atoms with Crippen LogP contribution in [-0.4, -0.2) is 15.0 Å². The molecule has 58 heavy (non-hydrogen) atoms. The lowest BCUT2D eigenvalue weighted by atomic mass is 9.48. The van der Waals surface area contributed by atoms with Crippen molar-refractivity contribution >= 4 is 21.5 Å². The summed E-state index contributed by atoms with van der Waals surface area (Å²) in [6, 6.07) is 54.7. The smallest absolute Gasteiger partial charge is 0.164 e. The molecular formula is C53H39N5. The molecule has 0 spiro atoms. The van der Waals surface area contributed by atoms with Gasteiger partial charge < -0.3 is 0 Å². The van der Waals surface area contributed by atoms with E-state index < -0.39 is 0 Å². The first-order valence-electron chi connectivity index (χ1n) is 20.5. The minimum absolute atomic E-state index is 0.342. The molecule has 4 fully saturated rings. The minimum atomic E-state index is 0.342. The van der Waals surface area contributed by atoms with Gasteiger partial charge in [-0.3, -0.25) is 0 Å². The summed E-state index contributed by atoms with van der Waals surface area (Å²) in [5.74, 6) is 4.68. The highest BCUT2D eigenvalue weighted by atomic mass is 15.0. The van der Waals surface area contributed by atoms with Gasteiger partial charge in [0, 0.05) is 16.7 Å². The van der Waals surface area contributed by atoms with E-state index in [9.17, 15) is 10.5 Å². The molecule has 0 N–H and O–H groups in total. The van der Waals surface area contributed by atoms with E-state index in [0.717, 1.165) is 78.2 Å². The standard InChI is InChI=1S/C53H39N5/c54-31-36-25-37(32-55)27-42(26-36)49-46-12-6-4-10-44(46)48(45-11-5-7-13-47(45)49)38-14-16-40(17-15-38)51-56-50(39-8-2-1-3-9-39)57-52(58-51)41-18-20-43(21-19-41)53-28-33-22-34(29-53)24-35(23-33)30-53/h1-21,25-27,33-35H,22-24,28-30H2/t33-,34+,35-,53?. The molecule has 1 aromatic heterocycles. The monoisotopic (exact) mass is 745 g/mol. The van der Waals surface area contributed by atoms with Gasteiger partial charge in [-0.1, -0.05) is 127 Å². The fourth-order valence-electron chi connectivity index (χ4n) is 11.2. The van der Waals surface area contributed by atoms with Crippen molar-refractivity contribution < 1.29 is 0 Å². The van der Waals surface area contributed by atoms with E-state index in [2.05, 4.69) is 109 Å². The average molecular weight is 746 g/mol. The minimum Gasteiger partial charge on any atom is -0.208 e. The molecule has 0 radical (unpaired) electrons. The highest BCUT2D eigenvalue weighted by molar-refractivity contribution is 6.21. The van der Waals surface area contributed by atoms with Crippen LogP contribution in [0.1, 0.15) is 55.2 Å². The van der Waals surface area contributed by atoms with Gasteiger partial charge in [0.1, 0.15) is 0 Å². The Morgan fingerprint density at radius 1 is 0.414 bits per heavy atom. The Kier molecular flexibility index (Phi) is 8.05. The molecule has 4 aliphatic carbocycles. The molecule has 4 bridgehead atoms. The summed E-state index contributed by atoms with van der Waals surface area (Å²) < 4.78 is 0. The molecule has 0 atom stereocenters. The summed E-state index contributed by atoms with van der Waals surface area (Å²) in [5.41, 5.74) is 9.71. The number of aromatic nitrogens is 3. The number of benzene rings is 7. The Bertz CT molecular complexity index is 2860. The van der Waals surface area contributed by atoms with E-state index in [0.29, 0.717) is 34.0 Å². The largest absolute Gasteiger partial charge is 0.208 e. The maximum atomic E-state index is 9.82. The SMILES string of the molecule is N#Cc1cc(C#N)cc(-c2c3ccccc3c(-c3ccc(-c4nc(-c5ccccc5)nc(-c5ccc(C67C[C@H]8C[C@@H](C6)C[C@@H](C7)C8)cc5)n4)cc3)c3ccccc23)c1. The maximum Gasteiger partial charge on any atom is 0.164 e. The molecule has 0 unspecified atom stereocenters. The number of hydrogen-bond donors (Lipinski definition) is 0. The zero-order chi connectivity index (χ0) is 38.8. The molecule has 1 heterocycles. The van der Waals surface area contributed by atoms with Crippen LogP contribution in [0.5, 0.6) is 0 Å². The van der Waals surface area contributed by atoms with Gasteiger partial charge >= 0.3 is 0 Å². The summed E-state index contributed by atoms with van der Waals surface area (Å²) in [6.07, 6.45) is 8.36. The highest BCUT2D eigenvalue weighted by Crippen LogP contribution is 2.60. The molecule has 8 aromatic rings. The van der Waals surface area contributed by atoms with Crippen molar-refractivity contribution in [2.24, 2.45) is 17.8 Å². The molecule has 0 saturated heterocycles. The third-order valence-electron chi connectivity index (χ3n) is 13.3. The van der Waals surface area contributed by atoms with E-state index in [4.69, 9.17) is 15.0 Å². The van der Waals surface area contributed by atoms with E-state index in [1.165, 1.54) is 44.1 Å². The number of rotatable bonds is 6. The van der Waals surface area contributed by atoms with Crippen LogP contribution in [0.25, 0.3) is 78.0 Å². The van der Waals surface area contributed by atoms with Crippen LogP contribution in [0.2, 0.25) is 0 Å². The lowest BCUT2D eigenvalue weighted by molar-refractivity contribution is -0.00518. The third kappa shape index (κ3) is 5.77. The molecule has 0 amide bonds. The fraction of sp³-hybridized carbons (Fsp3) is 0.189. The lowest BCUT2D eigenvalue weighted by Crippen LogP contribution is -2.48. The van der Waals surface area contributed by atoms with Gasteiger partial charge in [0.15, 0.2) is 17.5 Å². The number of fused-ring (bicyclic) bond motifs is 2. The van der Waals surface area contributed by atoms with Crippen molar-refractivity contribution in [3.63, 3.8) is 0 Å². The van der Waals surface area contributed by atoms with Crippen LogP contribution in [0.3, 0.4) is 0 Å². The second-order valence-electron chi connectivity index (χ2n) is 16.9. The van der Waals surface area contributed by atoms with E-state index >= 15 is 0 Å². The van der Waals surface area contributed by atoms with Crippen LogP contribution >= 0.6 is 0 Å². The van der Waals surface area contributed by atoms with Gasteiger partial charge in [-0.15, -0.1) is 0 Å². The normalized spacial score (nSPS) is 20.6. The van der Waals surface area contributed by atoms with Gasteiger partial charge in [-0.05, 0) is 129 Å². The second kappa shape index (κ2) is 13.6. The molecule has 276 valence electrons. The van der Waals surface area contributed by atoms with Gasteiger partial charge in [-0.25, -0.2) is 15.0 Å². The number of nitriles is 2. The highest BCUT2D eigenvalue weighted by Gasteiger charge is 2.51. The summed E-state index contributed by atoms with van der Waals surface area (Å²) in [7, 11) is 0. The molecule has 4 aliphatic rings. The second-order valence-corrected chi connectivity index (χ2v) is 16.9. The first-order chi connectivity index (χ1) is 28.5. The fourth-order valence-corrected chi connectivity index (χ4v) is 11.2. The summed E-state index contributed by atoms with van der Waals surface area (Å²) in [4.78, 5) is 15.2. The average Bonchev–Trinajstić information content (AvgIpc) is 3.27.